The molecule has 0 aliphatic heterocycles. The first-order chi connectivity index (χ1) is 13.3. The first-order valence-corrected chi connectivity index (χ1v) is 10.1. The Kier molecular flexibility index (Phi) is 5.46. The Hall–Kier alpha value is -3.19. The summed E-state index contributed by atoms with van der Waals surface area (Å²) in [7, 11) is -3.91. The summed E-state index contributed by atoms with van der Waals surface area (Å²) in [5.41, 5.74) is 3.33. The summed E-state index contributed by atoms with van der Waals surface area (Å²) in [4.78, 5) is 10.3. The molecule has 0 heterocycles. The molecule has 0 saturated carbocycles. The molecule has 0 unspecified atom stereocenters. The van der Waals surface area contributed by atoms with Gasteiger partial charge in [0.05, 0.1) is 22.1 Å². The van der Waals surface area contributed by atoms with Crippen LogP contribution in [-0.2, 0) is 16.6 Å². The Bertz CT molecular complexity index is 1070. The van der Waals surface area contributed by atoms with Crippen LogP contribution in [0.5, 0.6) is 0 Å². The molecule has 0 spiro atoms. The van der Waals surface area contributed by atoms with E-state index in [1.807, 2.05) is 50.2 Å². The normalized spacial score (nSPS) is 11.2. The number of benzene rings is 3. The highest BCUT2D eigenvalue weighted by molar-refractivity contribution is 7.92. The van der Waals surface area contributed by atoms with E-state index in [4.69, 9.17) is 0 Å². The van der Waals surface area contributed by atoms with E-state index in [0.717, 1.165) is 16.7 Å². The van der Waals surface area contributed by atoms with Crippen molar-refractivity contribution < 1.29 is 13.3 Å². The minimum Gasteiger partial charge on any atom is -0.262 e. The third kappa shape index (κ3) is 4.20. The van der Waals surface area contributed by atoms with Gasteiger partial charge in [-0.05, 0) is 43.7 Å². The van der Waals surface area contributed by atoms with Gasteiger partial charge in [-0.1, -0.05) is 47.5 Å². The zero-order valence-corrected chi connectivity index (χ0v) is 16.4. The van der Waals surface area contributed by atoms with Gasteiger partial charge in [-0.3, -0.25) is 14.4 Å². The molecular weight excluding hydrogens is 376 g/mol. The summed E-state index contributed by atoms with van der Waals surface area (Å²) >= 11 is 0. The van der Waals surface area contributed by atoms with Crippen LogP contribution in [0.25, 0.3) is 0 Å². The average molecular weight is 396 g/mol. The second-order valence-corrected chi connectivity index (χ2v) is 8.45. The standard InChI is InChI=1S/C21H20N2O4S/c1-16-3-7-18(8-4-16)15-22(19-9-5-17(2)6-10-19)28(26,27)21-13-11-20(12-14-21)23(24)25/h3-14H,15H2,1-2H3. The zero-order chi connectivity index (χ0) is 20.3. The molecule has 0 N–H and O–H groups in total. The van der Waals surface area contributed by atoms with Gasteiger partial charge < -0.3 is 0 Å². The predicted octanol–water partition coefficient (Wildman–Crippen LogP) is 4.61. The molecule has 0 aliphatic carbocycles. The maximum absolute atomic E-state index is 13.3. The van der Waals surface area contributed by atoms with Crippen LogP contribution in [0, 0.1) is 24.0 Å². The molecule has 3 rings (SSSR count). The number of anilines is 1. The van der Waals surface area contributed by atoms with Gasteiger partial charge >= 0.3 is 0 Å². The van der Waals surface area contributed by atoms with E-state index in [2.05, 4.69) is 0 Å². The molecule has 0 fully saturated rings. The topological polar surface area (TPSA) is 80.5 Å². The van der Waals surface area contributed by atoms with Gasteiger partial charge in [0.1, 0.15) is 0 Å². The Balaban J connectivity index is 2.04. The van der Waals surface area contributed by atoms with Crippen LogP contribution >= 0.6 is 0 Å². The molecule has 0 bridgehead atoms. The number of non-ortho nitro benzene ring substituents is 1. The summed E-state index contributed by atoms with van der Waals surface area (Å²) in [6.07, 6.45) is 0. The minimum atomic E-state index is -3.91. The molecule has 144 valence electrons. The monoisotopic (exact) mass is 396 g/mol. The van der Waals surface area contributed by atoms with Gasteiger partial charge in [-0.25, -0.2) is 8.42 Å². The quantitative estimate of drug-likeness (QED) is 0.450. The van der Waals surface area contributed by atoms with Gasteiger partial charge in [-0.2, -0.15) is 0 Å². The van der Waals surface area contributed by atoms with E-state index in [1.54, 1.807) is 12.1 Å². The largest absolute Gasteiger partial charge is 0.269 e. The fraction of sp³-hybridized carbons (Fsp3) is 0.143. The van der Waals surface area contributed by atoms with Crippen molar-refractivity contribution in [1.29, 1.82) is 0 Å². The number of nitro benzene ring substituents is 1. The third-order valence-electron chi connectivity index (χ3n) is 4.40. The smallest absolute Gasteiger partial charge is 0.262 e. The van der Waals surface area contributed by atoms with Gasteiger partial charge in [-0.15, -0.1) is 0 Å². The SMILES string of the molecule is Cc1ccc(CN(c2ccc(C)cc2)S(=O)(=O)c2ccc([N+](=O)[O-])cc2)cc1. The average Bonchev–Trinajstić information content (AvgIpc) is 2.68. The summed E-state index contributed by atoms with van der Waals surface area (Å²) in [5, 5.41) is 10.9. The van der Waals surface area contributed by atoms with E-state index < -0.39 is 14.9 Å². The highest BCUT2D eigenvalue weighted by Gasteiger charge is 2.26. The van der Waals surface area contributed by atoms with Crippen LogP contribution in [0.2, 0.25) is 0 Å². The minimum absolute atomic E-state index is 0.00536. The van der Waals surface area contributed by atoms with Crippen LogP contribution in [0.1, 0.15) is 16.7 Å². The van der Waals surface area contributed by atoms with Crippen molar-refractivity contribution in [2.24, 2.45) is 0 Å². The summed E-state index contributed by atoms with van der Waals surface area (Å²) in [6, 6.07) is 19.8. The van der Waals surface area contributed by atoms with E-state index in [1.165, 1.54) is 28.6 Å². The van der Waals surface area contributed by atoms with Crippen molar-refractivity contribution in [3.8, 4) is 0 Å². The number of nitro groups is 1. The number of nitrogens with zero attached hydrogens (tertiary/aromatic N) is 2. The molecule has 6 nitrogen and oxygen atoms in total. The van der Waals surface area contributed by atoms with E-state index in [9.17, 15) is 18.5 Å². The molecule has 0 aromatic heterocycles. The maximum Gasteiger partial charge on any atom is 0.269 e. The fourth-order valence-corrected chi connectivity index (χ4v) is 4.21. The zero-order valence-electron chi connectivity index (χ0n) is 15.6. The first kappa shape index (κ1) is 19.6. The summed E-state index contributed by atoms with van der Waals surface area (Å²) in [6.45, 7) is 4.05. The number of rotatable bonds is 6. The number of hydrogen-bond acceptors (Lipinski definition) is 4. The van der Waals surface area contributed by atoms with Crippen LogP contribution in [0.4, 0.5) is 11.4 Å². The van der Waals surface area contributed by atoms with E-state index in [-0.39, 0.29) is 17.1 Å². The van der Waals surface area contributed by atoms with Crippen molar-refractivity contribution in [2.45, 2.75) is 25.3 Å². The molecule has 0 saturated heterocycles. The Labute approximate surface area is 164 Å². The van der Waals surface area contributed by atoms with Crippen LogP contribution in [0.3, 0.4) is 0 Å². The highest BCUT2D eigenvalue weighted by atomic mass is 32.2. The second kappa shape index (κ2) is 7.82. The van der Waals surface area contributed by atoms with Crippen molar-refractivity contribution in [2.75, 3.05) is 4.31 Å². The first-order valence-electron chi connectivity index (χ1n) is 8.67. The molecule has 0 radical (unpaired) electrons. The lowest BCUT2D eigenvalue weighted by atomic mass is 10.1. The molecule has 0 atom stereocenters. The Morgan fingerprint density at radius 3 is 1.82 bits per heavy atom. The van der Waals surface area contributed by atoms with Crippen molar-refractivity contribution in [3.05, 3.63) is 99.6 Å². The van der Waals surface area contributed by atoms with Crippen LogP contribution < -0.4 is 4.31 Å². The lowest BCUT2D eigenvalue weighted by Gasteiger charge is -2.25. The summed E-state index contributed by atoms with van der Waals surface area (Å²) in [5.74, 6) is 0. The van der Waals surface area contributed by atoms with Gasteiger partial charge in [0.2, 0.25) is 0 Å². The van der Waals surface area contributed by atoms with Crippen molar-refractivity contribution in [1.82, 2.24) is 0 Å². The second-order valence-electron chi connectivity index (χ2n) is 6.58. The van der Waals surface area contributed by atoms with Crippen molar-refractivity contribution in [3.63, 3.8) is 0 Å². The lowest BCUT2D eigenvalue weighted by Crippen LogP contribution is -2.30. The molecule has 3 aromatic carbocycles. The lowest BCUT2D eigenvalue weighted by molar-refractivity contribution is -0.384. The molecular formula is C21H20N2O4S. The van der Waals surface area contributed by atoms with E-state index >= 15 is 0 Å². The number of hydrogen-bond donors (Lipinski definition) is 0. The molecule has 0 aliphatic rings. The Morgan fingerprint density at radius 1 is 0.821 bits per heavy atom. The number of aryl methyl sites for hydroxylation is 2. The van der Waals surface area contributed by atoms with E-state index in [0.29, 0.717) is 5.69 Å². The molecule has 3 aromatic rings. The number of sulfonamides is 1. The molecule has 28 heavy (non-hydrogen) atoms. The fourth-order valence-electron chi connectivity index (χ4n) is 2.75. The van der Waals surface area contributed by atoms with Gasteiger partial charge in [0, 0.05) is 12.1 Å². The highest BCUT2D eigenvalue weighted by Crippen LogP contribution is 2.27. The molecule has 0 amide bonds. The van der Waals surface area contributed by atoms with Crippen molar-refractivity contribution >= 4 is 21.4 Å². The summed E-state index contributed by atoms with van der Waals surface area (Å²) < 4.78 is 28.0. The maximum atomic E-state index is 13.3. The Morgan fingerprint density at radius 2 is 1.32 bits per heavy atom. The predicted molar refractivity (Wildman–Crippen MR) is 109 cm³/mol. The third-order valence-corrected chi connectivity index (χ3v) is 6.19. The van der Waals surface area contributed by atoms with Gasteiger partial charge in [0.15, 0.2) is 0 Å². The molecule has 7 heteroatoms. The van der Waals surface area contributed by atoms with Gasteiger partial charge in [0.25, 0.3) is 15.7 Å². The van der Waals surface area contributed by atoms with Crippen LogP contribution in [-0.4, -0.2) is 13.3 Å². The van der Waals surface area contributed by atoms with Crippen LogP contribution in [0.15, 0.2) is 77.7 Å².